The first-order chi connectivity index (χ1) is 15.6. The molecule has 0 radical (unpaired) electrons. The number of aryl methyl sites for hydroxylation is 1. The molecule has 1 aliphatic carbocycles. The number of nitrogens with zero attached hydrogens (tertiary/aromatic N) is 2. The van der Waals surface area contributed by atoms with E-state index in [1.807, 2.05) is 66.4 Å². The Morgan fingerprint density at radius 1 is 0.969 bits per heavy atom. The van der Waals surface area contributed by atoms with Crippen LogP contribution in [0.25, 0.3) is 0 Å². The summed E-state index contributed by atoms with van der Waals surface area (Å²) in [7, 11) is 0. The highest BCUT2D eigenvalue weighted by atomic mass is 16.5. The Balaban J connectivity index is 1.34. The number of carbonyl (C=O) groups excluding carboxylic acids is 2. The van der Waals surface area contributed by atoms with Crippen LogP contribution in [0.5, 0.6) is 5.75 Å². The maximum absolute atomic E-state index is 13.3. The highest BCUT2D eigenvalue weighted by Crippen LogP contribution is 2.31. The molecule has 2 amide bonds. The summed E-state index contributed by atoms with van der Waals surface area (Å²) >= 11 is 0. The number of hydrogen-bond acceptors (Lipinski definition) is 4. The van der Waals surface area contributed by atoms with Crippen molar-refractivity contribution in [2.45, 2.75) is 38.6 Å². The predicted molar refractivity (Wildman–Crippen MR) is 126 cm³/mol. The Morgan fingerprint density at radius 3 is 2.28 bits per heavy atom. The molecule has 2 aromatic carbocycles. The van der Waals surface area contributed by atoms with Gasteiger partial charge in [-0.1, -0.05) is 48.7 Å². The summed E-state index contributed by atoms with van der Waals surface area (Å²) in [6, 6.07) is 17.2. The van der Waals surface area contributed by atoms with Crippen LogP contribution in [-0.2, 0) is 9.59 Å². The molecule has 0 aromatic heterocycles. The van der Waals surface area contributed by atoms with E-state index < -0.39 is 0 Å². The topological polar surface area (TPSA) is 61.9 Å². The first kappa shape index (κ1) is 22.3. The van der Waals surface area contributed by atoms with Crippen molar-refractivity contribution in [3.8, 4) is 5.75 Å². The second-order valence-electron chi connectivity index (χ2n) is 8.86. The fraction of sp³-hybridized carbons (Fsp3) is 0.462. The predicted octanol–water partition coefficient (Wildman–Crippen LogP) is 3.72. The molecule has 1 heterocycles. The zero-order valence-corrected chi connectivity index (χ0v) is 18.8. The highest BCUT2D eigenvalue weighted by Gasteiger charge is 2.37. The van der Waals surface area contributed by atoms with Crippen molar-refractivity contribution < 1.29 is 14.3 Å². The number of hydrogen-bond donors (Lipinski definition) is 1. The molecule has 2 aromatic rings. The Kier molecular flexibility index (Phi) is 7.43. The van der Waals surface area contributed by atoms with Crippen LogP contribution in [0.3, 0.4) is 0 Å². The van der Waals surface area contributed by atoms with Gasteiger partial charge in [-0.15, -0.1) is 0 Å². The quantitative estimate of drug-likeness (QED) is 0.720. The maximum Gasteiger partial charge on any atom is 0.260 e. The van der Waals surface area contributed by atoms with Crippen LogP contribution in [0.1, 0.15) is 31.2 Å². The standard InChI is InChI=1S/C26H33N3O3/c1-20-11-13-22(14-12-20)27-26(31)25(21-7-5-6-8-21)29-17-15-28(16-18-29)24(30)19-32-23-9-3-2-4-10-23/h2-4,9-14,21,25H,5-8,15-19H2,1H3,(H,27,31)/t25-/m1/s1. The van der Waals surface area contributed by atoms with E-state index in [9.17, 15) is 9.59 Å². The number of anilines is 1. The van der Waals surface area contributed by atoms with E-state index in [4.69, 9.17) is 4.74 Å². The molecule has 1 N–H and O–H groups in total. The Bertz CT molecular complexity index is 886. The molecular formula is C26H33N3O3. The molecule has 0 bridgehead atoms. The molecule has 0 unspecified atom stereocenters. The van der Waals surface area contributed by atoms with Gasteiger partial charge in [0.2, 0.25) is 5.91 Å². The molecule has 1 saturated carbocycles. The number of amides is 2. The van der Waals surface area contributed by atoms with E-state index in [0.29, 0.717) is 37.8 Å². The zero-order chi connectivity index (χ0) is 22.3. The Labute approximate surface area is 190 Å². The van der Waals surface area contributed by atoms with E-state index in [1.165, 1.54) is 18.4 Å². The van der Waals surface area contributed by atoms with Crippen molar-refractivity contribution in [1.82, 2.24) is 9.80 Å². The second kappa shape index (κ2) is 10.6. The van der Waals surface area contributed by atoms with E-state index >= 15 is 0 Å². The number of para-hydroxylation sites is 1. The molecule has 1 aliphatic heterocycles. The third-order valence-corrected chi connectivity index (χ3v) is 6.60. The molecule has 2 fully saturated rings. The van der Waals surface area contributed by atoms with Crippen LogP contribution in [-0.4, -0.2) is 60.4 Å². The maximum atomic E-state index is 13.3. The van der Waals surface area contributed by atoms with Gasteiger partial charge in [0.05, 0.1) is 6.04 Å². The highest BCUT2D eigenvalue weighted by molar-refractivity contribution is 5.95. The fourth-order valence-corrected chi connectivity index (χ4v) is 4.81. The van der Waals surface area contributed by atoms with Crippen molar-refractivity contribution >= 4 is 17.5 Å². The van der Waals surface area contributed by atoms with Crippen molar-refractivity contribution in [1.29, 1.82) is 0 Å². The number of ether oxygens (including phenoxy) is 1. The van der Waals surface area contributed by atoms with Crippen molar-refractivity contribution in [3.63, 3.8) is 0 Å². The molecule has 170 valence electrons. The van der Waals surface area contributed by atoms with Gasteiger partial charge in [-0.05, 0) is 49.9 Å². The van der Waals surface area contributed by atoms with Crippen LogP contribution in [0.4, 0.5) is 5.69 Å². The number of carbonyl (C=O) groups is 2. The lowest BCUT2D eigenvalue weighted by molar-refractivity contribution is -0.136. The summed E-state index contributed by atoms with van der Waals surface area (Å²) in [6.07, 6.45) is 4.56. The largest absolute Gasteiger partial charge is 0.484 e. The molecule has 4 rings (SSSR count). The van der Waals surface area contributed by atoms with E-state index in [1.54, 1.807) is 0 Å². The number of piperazine rings is 1. The van der Waals surface area contributed by atoms with E-state index in [0.717, 1.165) is 18.5 Å². The minimum Gasteiger partial charge on any atom is -0.484 e. The average Bonchev–Trinajstić information content (AvgIpc) is 3.34. The summed E-state index contributed by atoms with van der Waals surface area (Å²) in [6.45, 7) is 4.75. The molecule has 2 aliphatic rings. The third-order valence-electron chi connectivity index (χ3n) is 6.60. The van der Waals surface area contributed by atoms with Crippen LogP contribution < -0.4 is 10.1 Å². The first-order valence-corrected chi connectivity index (χ1v) is 11.7. The second-order valence-corrected chi connectivity index (χ2v) is 8.86. The third kappa shape index (κ3) is 5.68. The number of benzene rings is 2. The van der Waals surface area contributed by atoms with Crippen molar-refractivity contribution in [3.05, 3.63) is 60.2 Å². The smallest absolute Gasteiger partial charge is 0.260 e. The SMILES string of the molecule is Cc1ccc(NC(=O)[C@@H](C2CCCC2)N2CCN(C(=O)COc3ccccc3)CC2)cc1. The normalized spacial score (nSPS) is 18.3. The van der Waals surface area contributed by atoms with Crippen LogP contribution in [0.15, 0.2) is 54.6 Å². The molecular weight excluding hydrogens is 402 g/mol. The van der Waals surface area contributed by atoms with Gasteiger partial charge in [0.25, 0.3) is 5.91 Å². The lowest BCUT2D eigenvalue weighted by Crippen LogP contribution is -2.57. The van der Waals surface area contributed by atoms with E-state index in [-0.39, 0.29) is 24.5 Å². The van der Waals surface area contributed by atoms with Gasteiger partial charge in [-0.25, -0.2) is 0 Å². The monoisotopic (exact) mass is 435 g/mol. The molecule has 1 atom stereocenters. The van der Waals surface area contributed by atoms with Gasteiger partial charge in [-0.2, -0.15) is 0 Å². The fourth-order valence-electron chi connectivity index (χ4n) is 4.81. The average molecular weight is 436 g/mol. The zero-order valence-electron chi connectivity index (χ0n) is 18.8. The van der Waals surface area contributed by atoms with Gasteiger partial charge in [0.1, 0.15) is 5.75 Å². The van der Waals surface area contributed by atoms with Crippen molar-refractivity contribution in [2.75, 3.05) is 38.1 Å². The van der Waals surface area contributed by atoms with Gasteiger partial charge < -0.3 is 15.0 Å². The molecule has 6 nitrogen and oxygen atoms in total. The van der Waals surface area contributed by atoms with Gasteiger partial charge in [0.15, 0.2) is 6.61 Å². The Morgan fingerprint density at radius 2 is 1.62 bits per heavy atom. The van der Waals surface area contributed by atoms with Gasteiger partial charge in [-0.3, -0.25) is 14.5 Å². The minimum absolute atomic E-state index is 0.00461. The van der Waals surface area contributed by atoms with Crippen LogP contribution in [0.2, 0.25) is 0 Å². The lowest BCUT2D eigenvalue weighted by atomic mass is 9.95. The minimum atomic E-state index is -0.142. The molecule has 0 spiro atoms. The Hall–Kier alpha value is -2.86. The molecule has 6 heteroatoms. The molecule has 32 heavy (non-hydrogen) atoms. The number of rotatable bonds is 7. The van der Waals surface area contributed by atoms with Crippen molar-refractivity contribution in [2.24, 2.45) is 5.92 Å². The lowest BCUT2D eigenvalue weighted by Gasteiger charge is -2.40. The van der Waals surface area contributed by atoms with Gasteiger partial charge in [0, 0.05) is 31.9 Å². The summed E-state index contributed by atoms with van der Waals surface area (Å²) in [5.41, 5.74) is 2.02. The van der Waals surface area contributed by atoms with Crippen LogP contribution >= 0.6 is 0 Å². The van der Waals surface area contributed by atoms with E-state index in [2.05, 4.69) is 10.2 Å². The summed E-state index contributed by atoms with van der Waals surface area (Å²) in [4.78, 5) is 30.0. The van der Waals surface area contributed by atoms with Crippen LogP contribution in [0, 0.1) is 12.8 Å². The number of nitrogens with one attached hydrogen (secondary N) is 1. The molecule has 1 saturated heterocycles. The summed E-state index contributed by atoms with van der Waals surface area (Å²) in [5, 5.41) is 3.13. The first-order valence-electron chi connectivity index (χ1n) is 11.7. The summed E-state index contributed by atoms with van der Waals surface area (Å²) in [5.74, 6) is 1.15. The van der Waals surface area contributed by atoms with Gasteiger partial charge >= 0.3 is 0 Å². The summed E-state index contributed by atoms with van der Waals surface area (Å²) < 4.78 is 5.62.